The number of benzene rings is 1. The lowest BCUT2D eigenvalue weighted by molar-refractivity contribution is 0.460. The monoisotopic (exact) mass is 286 g/mol. The molecule has 118 valence electrons. The Kier molecular flexibility index (Phi) is 8.59. The number of unbranched alkanes of at least 4 members (excludes halogenated alkanes) is 7. The normalized spacial score (nSPS) is 15.6. The van der Waals surface area contributed by atoms with E-state index in [-0.39, 0.29) is 0 Å². The highest BCUT2D eigenvalue weighted by Crippen LogP contribution is 2.29. The minimum absolute atomic E-state index is 1.10. The maximum atomic E-state index is 2.25. The largest absolute Gasteiger partial charge is 0.0622 e. The van der Waals surface area contributed by atoms with Crippen molar-refractivity contribution < 1.29 is 0 Å². The van der Waals surface area contributed by atoms with E-state index < -0.39 is 0 Å². The van der Waals surface area contributed by atoms with Gasteiger partial charge in [-0.1, -0.05) is 107 Å². The van der Waals surface area contributed by atoms with E-state index in [1.54, 1.807) is 0 Å². The first kappa shape index (κ1) is 16.6. The molecule has 0 bridgehead atoms. The van der Waals surface area contributed by atoms with Gasteiger partial charge >= 0.3 is 0 Å². The summed E-state index contributed by atoms with van der Waals surface area (Å²) >= 11 is 0. The topological polar surface area (TPSA) is 0 Å². The second-order valence-electron chi connectivity index (χ2n) is 7.00. The molecule has 1 aliphatic rings. The SMILES string of the molecule is c1ccc(CCCCCCCCCCC2CCCC2)cc1. The third kappa shape index (κ3) is 7.69. The molecule has 0 heteroatoms. The fraction of sp³-hybridized carbons (Fsp3) is 0.714. The summed E-state index contributed by atoms with van der Waals surface area (Å²) in [5.74, 6) is 1.10. The van der Waals surface area contributed by atoms with Gasteiger partial charge in [0.1, 0.15) is 0 Å². The zero-order chi connectivity index (χ0) is 14.6. The fourth-order valence-electron chi connectivity index (χ4n) is 3.77. The van der Waals surface area contributed by atoms with E-state index in [0.29, 0.717) is 0 Å². The van der Waals surface area contributed by atoms with Gasteiger partial charge in [-0.15, -0.1) is 0 Å². The molecule has 1 saturated carbocycles. The summed E-state index contributed by atoms with van der Waals surface area (Å²) in [4.78, 5) is 0. The predicted octanol–water partition coefficient (Wildman–Crippen LogP) is 6.93. The van der Waals surface area contributed by atoms with Crippen molar-refractivity contribution in [1.82, 2.24) is 0 Å². The molecule has 1 fully saturated rings. The molecule has 0 heterocycles. The zero-order valence-electron chi connectivity index (χ0n) is 13.9. The molecule has 21 heavy (non-hydrogen) atoms. The van der Waals surface area contributed by atoms with Gasteiger partial charge in [0.2, 0.25) is 0 Å². The van der Waals surface area contributed by atoms with Crippen LogP contribution in [-0.4, -0.2) is 0 Å². The Balaban J connectivity index is 1.32. The fourth-order valence-corrected chi connectivity index (χ4v) is 3.77. The van der Waals surface area contributed by atoms with E-state index in [1.165, 1.54) is 95.5 Å². The second-order valence-corrected chi connectivity index (χ2v) is 7.00. The Morgan fingerprint density at radius 1 is 0.667 bits per heavy atom. The molecule has 2 rings (SSSR count). The van der Waals surface area contributed by atoms with Crippen LogP contribution in [0.2, 0.25) is 0 Å². The van der Waals surface area contributed by atoms with E-state index in [4.69, 9.17) is 0 Å². The molecule has 0 saturated heterocycles. The minimum atomic E-state index is 1.10. The first-order valence-corrected chi connectivity index (χ1v) is 9.49. The summed E-state index contributed by atoms with van der Waals surface area (Å²) in [7, 11) is 0. The summed E-state index contributed by atoms with van der Waals surface area (Å²) in [6.45, 7) is 0. The molecular weight excluding hydrogens is 252 g/mol. The molecule has 0 radical (unpaired) electrons. The Hall–Kier alpha value is -0.780. The summed E-state index contributed by atoms with van der Waals surface area (Å²) < 4.78 is 0. The van der Waals surface area contributed by atoms with E-state index >= 15 is 0 Å². The van der Waals surface area contributed by atoms with Gasteiger partial charge in [-0.2, -0.15) is 0 Å². The van der Waals surface area contributed by atoms with Gasteiger partial charge in [0, 0.05) is 0 Å². The first-order chi connectivity index (χ1) is 10.4. The molecule has 1 aromatic rings. The average Bonchev–Trinajstić information content (AvgIpc) is 3.03. The lowest BCUT2D eigenvalue weighted by atomic mass is 9.98. The molecule has 1 aliphatic carbocycles. The lowest BCUT2D eigenvalue weighted by Gasteiger charge is -2.08. The number of hydrogen-bond acceptors (Lipinski definition) is 0. The van der Waals surface area contributed by atoms with Gasteiger partial charge in [0.25, 0.3) is 0 Å². The smallest absolute Gasteiger partial charge is 0.0279 e. The average molecular weight is 287 g/mol. The summed E-state index contributed by atoms with van der Waals surface area (Å²) in [6.07, 6.45) is 20.5. The zero-order valence-corrected chi connectivity index (χ0v) is 13.9. The van der Waals surface area contributed by atoms with Crippen molar-refractivity contribution >= 4 is 0 Å². The van der Waals surface area contributed by atoms with Crippen LogP contribution in [0.1, 0.15) is 89.0 Å². The maximum absolute atomic E-state index is 2.25. The van der Waals surface area contributed by atoms with Crippen LogP contribution in [0.4, 0.5) is 0 Å². The van der Waals surface area contributed by atoms with Crippen molar-refractivity contribution in [3.63, 3.8) is 0 Å². The molecule has 0 amide bonds. The minimum Gasteiger partial charge on any atom is -0.0622 e. The Morgan fingerprint density at radius 3 is 1.90 bits per heavy atom. The standard InChI is InChI=1S/C21H34/c1(2-4-6-9-15-21-18-12-13-19-21)3-5-8-14-20-16-10-7-11-17-20/h7,10-11,16-17,21H,1-6,8-9,12-15,18-19H2. The summed E-state index contributed by atoms with van der Waals surface area (Å²) in [5.41, 5.74) is 1.50. The van der Waals surface area contributed by atoms with Crippen molar-refractivity contribution in [1.29, 1.82) is 0 Å². The molecular formula is C21H34. The highest BCUT2D eigenvalue weighted by Gasteiger charge is 2.13. The van der Waals surface area contributed by atoms with Gasteiger partial charge in [-0.3, -0.25) is 0 Å². The van der Waals surface area contributed by atoms with Gasteiger partial charge < -0.3 is 0 Å². The second kappa shape index (κ2) is 10.9. The molecule has 1 aromatic carbocycles. The van der Waals surface area contributed by atoms with Crippen LogP contribution in [0.3, 0.4) is 0 Å². The van der Waals surface area contributed by atoms with E-state index in [0.717, 1.165) is 5.92 Å². The summed E-state index contributed by atoms with van der Waals surface area (Å²) in [5, 5.41) is 0. The molecule has 0 atom stereocenters. The highest BCUT2D eigenvalue weighted by atomic mass is 14.2. The van der Waals surface area contributed by atoms with Gasteiger partial charge in [-0.05, 0) is 24.3 Å². The number of hydrogen-bond donors (Lipinski definition) is 0. The maximum Gasteiger partial charge on any atom is -0.0279 e. The van der Waals surface area contributed by atoms with Crippen LogP contribution >= 0.6 is 0 Å². The summed E-state index contributed by atoms with van der Waals surface area (Å²) in [6, 6.07) is 10.9. The van der Waals surface area contributed by atoms with Crippen molar-refractivity contribution in [2.45, 2.75) is 89.9 Å². The van der Waals surface area contributed by atoms with E-state index in [2.05, 4.69) is 30.3 Å². The molecule has 0 nitrogen and oxygen atoms in total. The van der Waals surface area contributed by atoms with Crippen molar-refractivity contribution in [3.05, 3.63) is 35.9 Å². The van der Waals surface area contributed by atoms with Gasteiger partial charge in [0.05, 0.1) is 0 Å². The van der Waals surface area contributed by atoms with Crippen LogP contribution in [0.5, 0.6) is 0 Å². The lowest BCUT2D eigenvalue weighted by Crippen LogP contribution is -1.92. The van der Waals surface area contributed by atoms with Crippen molar-refractivity contribution in [2.75, 3.05) is 0 Å². The number of aryl methyl sites for hydroxylation is 1. The first-order valence-electron chi connectivity index (χ1n) is 9.49. The van der Waals surface area contributed by atoms with Crippen LogP contribution in [-0.2, 0) is 6.42 Å². The molecule has 0 spiro atoms. The predicted molar refractivity (Wildman–Crippen MR) is 93.7 cm³/mol. The van der Waals surface area contributed by atoms with Crippen LogP contribution in [0, 0.1) is 5.92 Å². The molecule has 0 aliphatic heterocycles. The van der Waals surface area contributed by atoms with Crippen LogP contribution in [0.15, 0.2) is 30.3 Å². The molecule has 0 N–H and O–H groups in total. The van der Waals surface area contributed by atoms with E-state index in [9.17, 15) is 0 Å². The third-order valence-corrected chi connectivity index (χ3v) is 5.15. The Bertz CT molecular complexity index is 334. The third-order valence-electron chi connectivity index (χ3n) is 5.15. The van der Waals surface area contributed by atoms with Gasteiger partial charge in [-0.25, -0.2) is 0 Å². The highest BCUT2D eigenvalue weighted by molar-refractivity contribution is 5.14. The van der Waals surface area contributed by atoms with Crippen LogP contribution < -0.4 is 0 Å². The number of rotatable bonds is 11. The van der Waals surface area contributed by atoms with Crippen molar-refractivity contribution in [2.24, 2.45) is 5.92 Å². The Morgan fingerprint density at radius 2 is 1.24 bits per heavy atom. The van der Waals surface area contributed by atoms with Gasteiger partial charge in [0.15, 0.2) is 0 Å². The van der Waals surface area contributed by atoms with Crippen LogP contribution in [0.25, 0.3) is 0 Å². The molecule has 0 unspecified atom stereocenters. The van der Waals surface area contributed by atoms with Crippen molar-refractivity contribution in [3.8, 4) is 0 Å². The molecule has 0 aromatic heterocycles. The van der Waals surface area contributed by atoms with E-state index in [1.807, 2.05) is 0 Å². The Labute approximate surface area is 132 Å². The quantitative estimate of drug-likeness (QED) is 0.387.